The van der Waals surface area contributed by atoms with Crippen LogP contribution in [-0.4, -0.2) is 27.4 Å². The number of carboxylic acids is 1. The second-order valence-corrected chi connectivity index (χ2v) is 3.78. The number of rotatable bonds is 3. The maximum atomic E-state index is 10.6. The van der Waals surface area contributed by atoms with Crippen molar-refractivity contribution in [2.24, 2.45) is 0 Å². The normalized spacial score (nSPS) is 16.8. The highest BCUT2D eigenvalue weighted by molar-refractivity contribution is 6.31. The zero-order valence-corrected chi connectivity index (χ0v) is 8.77. The Labute approximate surface area is 91.7 Å². The summed E-state index contributed by atoms with van der Waals surface area (Å²) in [5.74, 6) is -1.50. The van der Waals surface area contributed by atoms with Gasteiger partial charge in [-0.25, -0.2) is 4.79 Å². The summed E-state index contributed by atoms with van der Waals surface area (Å²) in [4.78, 5) is 10.6. The Morgan fingerprint density at radius 1 is 1.47 bits per heavy atom. The number of aliphatic hydroxyl groups is 2. The molecule has 0 unspecified atom stereocenters. The fraction of sp³-hybridized carbons (Fsp3) is 0.300. The largest absolute Gasteiger partial charge is 0.479 e. The van der Waals surface area contributed by atoms with Gasteiger partial charge in [-0.15, -0.1) is 0 Å². The number of carbonyl (C=O) groups is 1. The monoisotopic (exact) mass is 230 g/mol. The first-order valence-corrected chi connectivity index (χ1v) is 4.63. The Bertz CT molecular complexity index is 375. The Morgan fingerprint density at radius 3 is 2.47 bits per heavy atom. The summed E-state index contributed by atoms with van der Waals surface area (Å²) in [6.07, 6.45) is -1.92. The summed E-state index contributed by atoms with van der Waals surface area (Å²) in [6, 6.07) is 6.23. The summed E-state index contributed by atoms with van der Waals surface area (Å²) in [5.41, 5.74) is -1.73. The van der Waals surface area contributed by atoms with E-state index in [9.17, 15) is 15.0 Å². The summed E-state index contributed by atoms with van der Waals surface area (Å²) in [5, 5.41) is 28.0. The van der Waals surface area contributed by atoms with Gasteiger partial charge in [-0.1, -0.05) is 29.8 Å². The van der Waals surface area contributed by atoms with Gasteiger partial charge in [-0.2, -0.15) is 0 Å². The van der Waals surface area contributed by atoms with Crippen LogP contribution in [0.15, 0.2) is 24.3 Å². The molecule has 1 aromatic carbocycles. The number of benzene rings is 1. The van der Waals surface area contributed by atoms with E-state index in [2.05, 4.69) is 0 Å². The van der Waals surface area contributed by atoms with E-state index in [1.54, 1.807) is 12.1 Å². The molecule has 2 atom stereocenters. The minimum Gasteiger partial charge on any atom is -0.479 e. The molecule has 1 aromatic rings. The highest BCUT2D eigenvalue weighted by atomic mass is 35.5. The van der Waals surface area contributed by atoms with Crippen LogP contribution in [0.4, 0.5) is 0 Å². The molecule has 0 aliphatic rings. The summed E-state index contributed by atoms with van der Waals surface area (Å²) in [7, 11) is 0. The van der Waals surface area contributed by atoms with Crippen molar-refractivity contribution in [3.63, 3.8) is 0 Å². The number of aliphatic carboxylic acids is 1. The topological polar surface area (TPSA) is 77.8 Å². The lowest BCUT2D eigenvalue weighted by Gasteiger charge is -2.27. The molecule has 0 aliphatic carbocycles. The van der Waals surface area contributed by atoms with Crippen molar-refractivity contribution in [2.45, 2.75) is 18.6 Å². The van der Waals surface area contributed by atoms with E-state index in [0.717, 1.165) is 0 Å². The Morgan fingerprint density at radius 2 is 2.00 bits per heavy atom. The summed E-state index contributed by atoms with van der Waals surface area (Å²) in [6.45, 7) is 1.20. The molecule has 0 saturated heterocycles. The third-order valence-electron chi connectivity index (χ3n) is 2.19. The van der Waals surface area contributed by atoms with E-state index in [0.29, 0.717) is 0 Å². The van der Waals surface area contributed by atoms with Crippen LogP contribution in [0.3, 0.4) is 0 Å². The molecule has 0 aromatic heterocycles. The van der Waals surface area contributed by atoms with Crippen LogP contribution in [-0.2, 0) is 10.4 Å². The highest BCUT2D eigenvalue weighted by Gasteiger charge is 2.38. The van der Waals surface area contributed by atoms with E-state index < -0.39 is 17.7 Å². The molecule has 0 fully saturated rings. The Balaban J connectivity index is 3.16. The summed E-state index contributed by atoms with van der Waals surface area (Å²) >= 11 is 5.79. The molecule has 0 saturated carbocycles. The van der Waals surface area contributed by atoms with E-state index in [4.69, 9.17) is 16.7 Å². The molecule has 0 radical (unpaired) electrons. The van der Waals surface area contributed by atoms with Gasteiger partial charge in [0.2, 0.25) is 0 Å². The van der Waals surface area contributed by atoms with Crippen LogP contribution in [0.5, 0.6) is 0 Å². The number of carboxylic acid groups (broad SMARTS) is 1. The van der Waals surface area contributed by atoms with Crippen LogP contribution in [0.2, 0.25) is 5.02 Å². The minimum atomic E-state index is -1.92. The van der Waals surface area contributed by atoms with Gasteiger partial charge in [0.05, 0.1) is 0 Å². The number of hydrogen-bond acceptors (Lipinski definition) is 3. The van der Waals surface area contributed by atoms with Crippen LogP contribution in [0, 0.1) is 0 Å². The lowest BCUT2D eigenvalue weighted by molar-refractivity contribution is -0.162. The van der Waals surface area contributed by atoms with E-state index in [-0.39, 0.29) is 10.6 Å². The predicted octanol–water partition coefficient (Wildman–Crippen LogP) is 0.993. The van der Waals surface area contributed by atoms with Gasteiger partial charge in [-0.3, -0.25) is 0 Å². The van der Waals surface area contributed by atoms with Crippen molar-refractivity contribution in [3.8, 4) is 0 Å². The third-order valence-corrected chi connectivity index (χ3v) is 2.52. The van der Waals surface area contributed by atoms with Gasteiger partial charge in [0.15, 0.2) is 6.10 Å². The van der Waals surface area contributed by atoms with E-state index in [1.165, 1.54) is 19.1 Å². The third kappa shape index (κ3) is 2.28. The quantitative estimate of drug-likeness (QED) is 0.724. The number of hydrogen-bond donors (Lipinski definition) is 3. The van der Waals surface area contributed by atoms with Crippen LogP contribution < -0.4 is 0 Å². The van der Waals surface area contributed by atoms with Gasteiger partial charge < -0.3 is 15.3 Å². The Kier molecular flexibility index (Phi) is 3.34. The molecule has 3 N–H and O–H groups in total. The van der Waals surface area contributed by atoms with Crippen molar-refractivity contribution < 1.29 is 20.1 Å². The maximum absolute atomic E-state index is 10.6. The number of aliphatic hydroxyl groups excluding tert-OH is 1. The van der Waals surface area contributed by atoms with Crippen molar-refractivity contribution in [1.29, 1.82) is 0 Å². The van der Waals surface area contributed by atoms with Gasteiger partial charge in [0.1, 0.15) is 5.60 Å². The second kappa shape index (κ2) is 4.18. The first-order valence-electron chi connectivity index (χ1n) is 4.25. The molecule has 0 aliphatic heterocycles. The highest BCUT2D eigenvalue weighted by Crippen LogP contribution is 2.30. The van der Waals surface area contributed by atoms with Crippen molar-refractivity contribution in [1.82, 2.24) is 0 Å². The predicted molar refractivity (Wildman–Crippen MR) is 54.7 cm³/mol. The first-order chi connectivity index (χ1) is 6.87. The molecular weight excluding hydrogens is 220 g/mol. The maximum Gasteiger partial charge on any atom is 0.335 e. The fourth-order valence-corrected chi connectivity index (χ4v) is 1.59. The smallest absolute Gasteiger partial charge is 0.335 e. The van der Waals surface area contributed by atoms with Crippen LogP contribution in [0.1, 0.15) is 12.5 Å². The van der Waals surface area contributed by atoms with Crippen molar-refractivity contribution in [2.75, 3.05) is 0 Å². The molecule has 4 nitrogen and oxygen atoms in total. The average Bonchev–Trinajstić information content (AvgIpc) is 2.16. The molecule has 0 bridgehead atoms. The molecular formula is C10H11ClO4. The zero-order chi connectivity index (χ0) is 11.6. The van der Waals surface area contributed by atoms with Gasteiger partial charge in [0.25, 0.3) is 0 Å². The molecule has 15 heavy (non-hydrogen) atoms. The lowest BCUT2D eigenvalue weighted by atomic mass is 9.90. The molecule has 0 spiro atoms. The molecule has 5 heteroatoms. The average molecular weight is 231 g/mol. The van der Waals surface area contributed by atoms with Crippen molar-refractivity contribution >= 4 is 17.6 Å². The number of halogens is 1. The van der Waals surface area contributed by atoms with Crippen LogP contribution in [0.25, 0.3) is 0 Å². The van der Waals surface area contributed by atoms with Gasteiger partial charge in [0, 0.05) is 10.6 Å². The van der Waals surface area contributed by atoms with Crippen LogP contribution >= 0.6 is 11.6 Å². The molecule has 1 rings (SSSR count). The molecule has 0 heterocycles. The lowest BCUT2D eigenvalue weighted by Crippen LogP contribution is -2.42. The standard InChI is InChI=1S/C10H11ClO4/c1-10(15,8(12)9(13)14)6-4-2-3-5-7(6)11/h2-5,8,12,15H,1H3,(H,13,14)/t8-,10-/m1/s1. The first kappa shape index (κ1) is 12.0. The fourth-order valence-electron chi connectivity index (χ4n) is 1.26. The Hall–Kier alpha value is -1.10. The second-order valence-electron chi connectivity index (χ2n) is 3.37. The van der Waals surface area contributed by atoms with E-state index in [1.807, 2.05) is 0 Å². The molecule has 82 valence electrons. The minimum absolute atomic E-state index is 0.182. The SMILES string of the molecule is C[C@@](O)(c1ccccc1Cl)[C@H](O)C(=O)O. The van der Waals surface area contributed by atoms with Gasteiger partial charge >= 0.3 is 5.97 Å². The van der Waals surface area contributed by atoms with Gasteiger partial charge in [-0.05, 0) is 13.0 Å². The van der Waals surface area contributed by atoms with E-state index >= 15 is 0 Å². The molecule has 0 amide bonds. The zero-order valence-electron chi connectivity index (χ0n) is 8.01. The summed E-state index contributed by atoms with van der Waals surface area (Å²) < 4.78 is 0. The van der Waals surface area contributed by atoms with Crippen molar-refractivity contribution in [3.05, 3.63) is 34.9 Å².